The molecule has 3 aromatic carbocycles. The van der Waals surface area contributed by atoms with E-state index in [0.29, 0.717) is 22.5 Å². The highest BCUT2D eigenvalue weighted by atomic mass is 16.5. The van der Waals surface area contributed by atoms with Crippen LogP contribution in [0.2, 0.25) is 0 Å². The molecule has 220 valence electrons. The molecule has 0 radical (unpaired) electrons. The van der Waals surface area contributed by atoms with Gasteiger partial charge in [0.2, 0.25) is 0 Å². The number of carbonyl (C=O) groups is 4. The molecule has 0 spiro atoms. The Morgan fingerprint density at radius 2 is 1.33 bits per heavy atom. The number of esters is 1. The number of hydrogen-bond acceptors (Lipinski definition) is 7. The molecule has 7 heteroatoms. The molecule has 0 atom stereocenters. The summed E-state index contributed by atoms with van der Waals surface area (Å²) in [5, 5.41) is 7.00. The zero-order chi connectivity index (χ0) is 32.2. The first-order valence-electron chi connectivity index (χ1n) is 12.5. The van der Waals surface area contributed by atoms with E-state index in [1.807, 2.05) is 56.2 Å². The molecule has 0 bridgehead atoms. The number of allylic oxidation sites excluding steroid dienone is 3. The second-order valence-corrected chi connectivity index (χ2v) is 8.67. The average molecular weight is 571 g/mol. The number of methoxy groups -OCH3 is 1. The lowest BCUT2D eigenvalue weighted by Crippen LogP contribution is -2.08. The molecular formula is C35H38O7. The number of aldehydes is 1. The lowest BCUT2D eigenvalue weighted by Gasteiger charge is -2.10. The molecule has 0 saturated carbocycles. The van der Waals surface area contributed by atoms with E-state index in [1.54, 1.807) is 51.3 Å². The fourth-order valence-electron chi connectivity index (χ4n) is 3.13. The van der Waals surface area contributed by atoms with Gasteiger partial charge in [-0.1, -0.05) is 67.8 Å². The second kappa shape index (κ2) is 19.8. The van der Waals surface area contributed by atoms with Crippen molar-refractivity contribution in [3.05, 3.63) is 120 Å². The van der Waals surface area contributed by atoms with Crippen LogP contribution in [0, 0.1) is 0 Å². The molecule has 3 aromatic rings. The molecule has 3 rings (SSSR count). The summed E-state index contributed by atoms with van der Waals surface area (Å²) in [6.07, 6.45) is 3.97. The van der Waals surface area contributed by atoms with Crippen LogP contribution in [0.3, 0.4) is 0 Å². The highest BCUT2D eigenvalue weighted by molar-refractivity contribution is 6.07. The predicted molar refractivity (Wildman–Crippen MR) is 170 cm³/mol. The molecule has 0 unspecified atom stereocenters. The molecule has 1 N–H and O–H groups in total. The number of ketones is 1. The van der Waals surface area contributed by atoms with Crippen molar-refractivity contribution in [1.29, 1.82) is 0 Å². The predicted octanol–water partition coefficient (Wildman–Crippen LogP) is 6.96. The average Bonchev–Trinajstić information content (AvgIpc) is 3.02. The van der Waals surface area contributed by atoms with Crippen LogP contribution in [0.15, 0.2) is 104 Å². The maximum atomic E-state index is 12.5. The van der Waals surface area contributed by atoms with E-state index in [9.17, 15) is 14.4 Å². The topological polar surface area (TPSA) is 107 Å². The van der Waals surface area contributed by atoms with Crippen molar-refractivity contribution in [3.63, 3.8) is 0 Å². The molecule has 0 aliphatic rings. The van der Waals surface area contributed by atoms with Gasteiger partial charge in [0.05, 0.1) is 7.11 Å². The van der Waals surface area contributed by atoms with Crippen LogP contribution in [0.1, 0.15) is 42.3 Å². The molecule has 0 fully saturated rings. The van der Waals surface area contributed by atoms with Crippen LogP contribution >= 0.6 is 0 Å². The van der Waals surface area contributed by atoms with E-state index >= 15 is 0 Å². The summed E-state index contributed by atoms with van der Waals surface area (Å²) in [5.74, 6) is 0.417. The summed E-state index contributed by atoms with van der Waals surface area (Å²) in [6, 6.07) is 20.4. The molecule has 0 amide bonds. The lowest BCUT2D eigenvalue weighted by molar-refractivity contribution is -0.130. The first-order chi connectivity index (χ1) is 20.0. The Morgan fingerprint density at radius 3 is 1.79 bits per heavy atom. The summed E-state index contributed by atoms with van der Waals surface area (Å²) in [7, 11) is 2.63. The van der Waals surface area contributed by atoms with Gasteiger partial charge >= 0.3 is 5.97 Å². The molecule has 0 aliphatic carbocycles. The summed E-state index contributed by atoms with van der Waals surface area (Å²) in [4.78, 5) is 41.5. The fraction of sp³-hybridized carbons (Fsp3) is 0.143. The maximum Gasteiger partial charge on any atom is 0.338 e. The van der Waals surface area contributed by atoms with Gasteiger partial charge in [0.15, 0.2) is 5.78 Å². The van der Waals surface area contributed by atoms with Gasteiger partial charge in [-0.15, -0.1) is 0 Å². The Bertz CT molecular complexity index is 1400. The maximum absolute atomic E-state index is 12.5. The van der Waals surface area contributed by atoms with E-state index in [0.717, 1.165) is 47.0 Å². The van der Waals surface area contributed by atoms with Gasteiger partial charge in [-0.25, -0.2) is 4.79 Å². The van der Waals surface area contributed by atoms with E-state index in [-0.39, 0.29) is 5.78 Å². The molecule has 0 aromatic heterocycles. The SMILES string of the molecule is C=C(C)C(=O)Oc1ccc(C(=O)/C=C/c2ccc(-c3ccc(C(=C)C)cc3)c(OC)c2)cc1.C=C(C)C=O.C=O.CO. The smallest absolute Gasteiger partial charge is 0.338 e. The fourth-order valence-corrected chi connectivity index (χ4v) is 3.13. The van der Waals surface area contributed by atoms with Crippen LogP contribution < -0.4 is 9.47 Å². The highest BCUT2D eigenvalue weighted by Crippen LogP contribution is 2.32. The number of benzene rings is 3. The van der Waals surface area contributed by atoms with Gasteiger partial charge in [-0.05, 0) is 79.4 Å². The Labute approximate surface area is 248 Å². The molecule has 0 saturated heterocycles. The Hall–Kier alpha value is -5.14. The van der Waals surface area contributed by atoms with Crippen molar-refractivity contribution in [2.75, 3.05) is 14.2 Å². The van der Waals surface area contributed by atoms with E-state index in [4.69, 9.17) is 19.4 Å². The van der Waals surface area contributed by atoms with Crippen LogP contribution in [0.4, 0.5) is 0 Å². The summed E-state index contributed by atoms with van der Waals surface area (Å²) in [5.41, 5.74) is 6.33. The highest BCUT2D eigenvalue weighted by Gasteiger charge is 2.09. The minimum absolute atomic E-state index is 0.161. The zero-order valence-corrected chi connectivity index (χ0v) is 24.8. The molecule has 42 heavy (non-hydrogen) atoms. The van der Waals surface area contributed by atoms with Gasteiger partial charge in [-0.3, -0.25) is 9.59 Å². The largest absolute Gasteiger partial charge is 0.496 e. The number of carbonyl (C=O) groups excluding carboxylic acids is 4. The van der Waals surface area contributed by atoms with Crippen molar-refractivity contribution in [2.24, 2.45) is 0 Å². The van der Waals surface area contributed by atoms with Crippen molar-refractivity contribution in [2.45, 2.75) is 20.8 Å². The quantitative estimate of drug-likeness (QED) is 0.0974. The second-order valence-electron chi connectivity index (χ2n) is 8.67. The van der Waals surface area contributed by atoms with Crippen molar-refractivity contribution >= 4 is 36.5 Å². The Kier molecular flexibility index (Phi) is 17.4. The van der Waals surface area contributed by atoms with E-state index < -0.39 is 5.97 Å². The summed E-state index contributed by atoms with van der Waals surface area (Å²) >= 11 is 0. The van der Waals surface area contributed by atoms with Crippen LogP contribution in [0.5, 0.6) is 11.5 Å². The number of aliphatic hydroxyl groups is 1. The Morgan fingerprint density at radius 1 is 0.810 bits per heavy atom. The third-order valence-electron chi connectivity index (χ3n) is 5.24. The summed E-state index contributed by atoms with van der Waals surface area (Å²) < 4.78 is 10.7. The van der Waals surface area contributed by atoms with Crippen molar-refractivity contribution < 1.29 is 33.8 Å². The van der Waals surface area contributed by atoms with Gasteiger partial charge in [0.1, 0.15) is 24.6 Å². The first-order valence-corrected chi connectivity index (χ1v) is 12.5. The molecular weight excluding hydrogens is 532 g/mol. The Balaban J connectivity index is 0.00000166. The van der Waals surface area contributed by atoms with E-state index in [1.165, 1.54) is 6.08 Å². The molecule has 0 heterocycles. The first kappa shape index (κ1) is 36.9. The normalized spacial score (nSPS) is 9.38. The van der Waals surface area contributed by atoms with Crippen molar-refractivity contribution in [3.8, 4) is 22.6 Å². The number of ether oxygens (including phenoxy) is 2. The van der Waals surface area contributed by atoms with Gasteiger partial charge in [0, 0.05) is 23.8 Å². The number of aliphatic hydroxyl groups excluding tert-OH is 1. The number of rotatable bonds is 9. The standard InChI is InChI=1S/C29H26O4.C4H6O.CH4O.CH2O/c1-19(2)22-8-10-23(11-9-22)26-16-6-21(18-28(26)32-5)7-17-27(30)24-12-14-25(15-13-24)33-29(31)20(3)4;1-4(2)3-5;2*1-2/h6-18H,1,3H2,2,4-5H3;3H,1H2,2H3;2H,1H3;1H2/b17-7+;;;. The van der Waals surface area contributed by atoms with E-state index in [2.05, 4.69) is 19.7 Å². The van der Waals surface area contributed by atoms with Gasteiger partial charge in [0.25, 0.3) is 0 Å². The minimum Gasteiger partial charge on any atom is -0.496 e. The zero-order valence-electron chi connectivity index (χ0n) is 24.8. The lowest BCUT2D eigenvalue weighted by atomic mass is 9.99. The van der Waals surface area contributed by atoms with Crippen molar-refractivity contribution in [1.82, 2.24) is 0 Å². The number of hydrogen-bond donors (Lipinski definition) is 1. The van der Waals surface area contributed by atoms with Crippen LogP contribution in [0.25, 0.3) is 22.8 Å². The minimum atomic E-state index is -0.502. The molecule has 0 aliphatic heterocycles. The van der Waals surface area contributed by atoms with Gasteiger partial charge in [-0.2, -0.15) is 0 Å². The van der Waals surface area contributed by atoms with Crippen LogP contribution in [-0.4, -0.2) is 44.2 Å². The summed E-state index contributed by atoms with van der Waals surface area (Å²) in [6.45, 7) is 18.0. The third-order valence-corrected chi connectivity index (χ3v) is 5.24. The third kappa shape index (κ3) is 12.4. The molecule has 7 nitrogen and oxygen atoms in total. The monoisotopic (exact) mass is 570 g/mol. The van der Waals surface area contributed by atoms with Crippen LogP contribution in [-0.2, 0) is 14.4 Å². The van der Waals surface area contributed by atoms with Gasteiger partial charge < -0.3 is 19.4 Å².